The van der Waals surface area contributed by atoms with Crippen LogP contribution in [0.1, 0.15) is 18.4 Å². The van der Waals surface area contributed by atoms with Crippen molar-refractivity contribution in [1.82, 2.24) is 10.3 Å². The minimum absolute atomic E-state index is 0.264. The van der Waals surface area contributed by atoms with Gasteiger partial charge in [-0.25, -0.2) is 0 Å². The lowest BCUT2D eigenvalue weighted by Crippen LogP contribution is -2.47. The number of hydrogen-bond donors (Lipinski definition) is 1. The van der Waals surface area contributed by atoms with Gasteiger partial charge in [-0.1, -0.05) is 0 Å². The quantitative estimate of drug-likeness (QED) is 0.738. The second-order valence-electron chi connectivity index (χ2n) is 4.22. The summed E-state index contributed by atoms with van der Waals surface area (Å²) in [5.41, 5.74) is 1.64. The average Bonchev–Trinajstić information content (AvgIpc) is 2.23. The van der Waals surface area contributed by atoms with Crippen LogP contribution in [0.3, 0.4) is 0 Å². The summed E-state index contributed by atoms with van der Waals surface area (Å²) >= 11 is 0. The monoisotopic (exact) mass is 206 g/mol. The summed E-state index contributed by atoms with van der Waals surface area (Å²) < 4.78 is 5.38. The first-order valence-corrected chi connectivity index (χ1v) is 5.50. The van der Waals surface area contributed by atoms with Crippen molar-refractivity contribution in [2.45, 2.75) is 18.3 Å². The zero-order chi connectivity index (χ0) is 10.6. The maximum Gasteiger partial charge on any atom is 0.0585 e. The van der Waals surface area contributed by atoms with Gasteiger partial charge in [-0.3, -0.25) is 4.98 Å². The molecule has 0 atom stereocenters. The van der Waals surface area contributed by atoms with Crippen LogP contribution in [0.4, 0.5) is 0 Å². The Balaban J connectivity index is 2.02. The highest BCUT2D eigenvalue weighted by molar-refractivity contribution is 5.25. The van der Waals surface area contributed by atoms with E-state index < -0.39 is 0 Å². The van der Waals surface area contributed by atoms with Crippen molar-refractivity contribution in [2.24, 2.45) is 0 Å². The van der Waals surface area contributed by atoms with Crippen LogP contribution in [0.25, 0.3) is 0 Å². The molecule has 0 aromatic carbocycles. The van der Waals surface area contributed by atoms with E-state index in [1.807, 2.05) is 19.4 Å². The van der Waals surface area contributed by atoms with Gasteiger partial charge in [-0.05, 0) is 44.1 Å². The van der Waals surface area contributed by atoms with Crippen molar-refractivity contribution in [1.29, 1.82) is 0 Å². The van der Waals surface area contributed by atoms with Crippen LogP contribution in [-0.2, 0) is 10.2 Å². The lowest BCUT2D eigenvalue weighted by atomic mass is 9.75. The Morgan fingerprint density at radius 2 is 2.13 bits per heavy atom. The van der Waals surface area contributed by atoms with E-state index >= 15 is 0 Å². The van der Waals surface area contributed by atoms with E-state index in [0.717, 1.165) is 19.8 Å². The van der Waals surface area contributed by atoms with Crippen molar-refractivity contribution in [3.05, 3.63) is 30.1 Å². The number of hydrogen-bond acceptors (Lipinski definition) is 3. The molecule has 1 aliphatic rings. The van der Waals surface area contributed by atoms with Gasteiger partial charge in [0, 0.05) is 17.8 Å². The molecule has 0 radical (unpaired) electrons. The summed E-state index contributed by atoms with van der Waals surface area (Å²) in [5, 5.41) is 3.19. The molecule has 0 spiro atoms. The van der Waals surface area contributed by atoms with Crippen LogP contribution in [0.2, 0.25) is 0 Å². The minimum atomic E-state index is 0.264. The molecule has 1 aromatic rings. The van der Waals surface area contributed by atoms with E-state index in [0.29, 0.717) is 0 Å². The number of rotatable bonds is 5. The molecule has 0 bridgehead atoms. The zero-order valence-electron chi connectivity index (χ0n) is 9.20. The molecule has 0 unspecified atom stereocenters. The normalized spacial score (nSPS) is 18.5. The smallest absolute Gasteiger partial charge is 0.0585 e. The maximum atomic E-state index is 5.38. The second-order valence-corrected chi connectivity index (χ2v) is 4.22. The predicted octanol–water partition coefficient (Wildman–Crippen LogP) is 1.35. The first-order chi connectivity index (χ1) is 7.37. The molecule has 1 N–H and O–H groups in total. The molecular formula is C12H18N2O. The summed E-state index contributed by atoms with van der Waals surface area (Å²) in [4.78, 5) is 4.06. The Bertz CT molecular complexity index is 296. The van der Waals surface area contributed by atoms with Crippen LogP contribution >= 0.6 is 0 Å². The molecule has 82 valence electrons. The second kappa shape index (κ2) is 4.73. The van der Waals surface area contributed by atoms with Crippen molar-refractivity contribution < 1.29 is 4.74 Å². The zero-order valence-corrected chi connectivity index (χ0v) is 9.20. The average molecular weight is 206 g/mol. The summed E-state index contributed by atoms with van der Waals surface area (Å²) in [6, 6.07) is 4.23. The molecule has 1 aliphatic heterocycles. The molecule has 15 heavy (non-hydrogen) atoms. The third-order valence-electron chi connectivity index (χ3n) is 3.13. The molecule has 2 rings (SSSR count). The third-order valence-corrected chi connectivity index (χ3v) is 3.13. The van der Waals surface area contributed by atoms with Crippen molar-refractivity contribution in [3.63, 3.8) is 0 Å². The molecule has 3 heteroatoms. The Morgan fingerprint density at radius 1 is 1.40 bits per heavy atom. The summed E-state index contributed by atoms with van der Waals surface area (Å²) in [7, 11) is 2.00. The van der Waals surface area contributed by atoms with Crippen molar-refractivity contribution in [2.75, 3.05) is 26.8 Å². The van der Waals surface area contributed by atoms with E-state index in [2.05, 4.69) is 22.4 Å². The van der Waals surface area contributed by atoms with E-state index in [1.54, 1.807) is 0 Å². The fraction of sp³-hybridized carbons (Fsp3) is 0.583. The van der Waals surface area contributed by atoms with Gasteiger partial charge in [-0.2, -0.15) is 0 Å². The Kier molecular flexibility index (Phi) is 3.34. The van der Waals surface area contributed by atoms with Crippen LogP contribution < -0.4 is 5.32 Å². The predicted molar refractivity (Wildman–Crippen MR) is 59.9 cm³/mol. The standard InChI is InChI=1S/C12H18N2O/c1-13-6-2-5-12(9-15-10-12)11-3-7-14-8-4-11/h3-4,7-8,13H,2,5-6,9-10H2,1H3. The molecule has 0 amide bonds. The number of nitrogens with zero attached hydrogens (tertiary/aromatic N) is 1. The van der Waals surface area contributed by atoms with Crippen molar-refractivity contribution >= 4 is 0 Å². The molecule has 3 nitrogen and oxygen atoms in total. The minimum Gasteiger partial charge on any atom is -0.379 e. The highest BCUT2D eigenvalue weighted by atomic mass is 16.5. The fourth-order valence-electron chi connectivity index (χ4n) is 2.11. The lowest BCUT2D eigenvalue weighted by molar-refractivity contribution is -0.0651. The number of ether oxygens (including phenoxy) is 1. The van der Waals surface area contributed by atoms with Gasteiger partial charge in [0.15, 0.2) is 0 Å². The fourth-order valence-corrected chi connectivity index (χ4v) is 2.11. The number of pyridine rings is 1. The van der Waals surface area contributed by atoms with Crippen LogP contribution in [-0.4, -0.2) is 31.8 Å². The summed E-state index contributed by atoms with van der Waals surface area (Å²) in [6.07, 6.45) is 6.13. The first kappa shape index (κ1) is 10.6. The Morgan fingerprint density at radius 3 is 2.67 bits per heavy atom. The van der Waals surface area contributed by atoms with E-state index in [1.165, 1.54) is 18.4 Å². The van der Waals surface area contributed by atoms with Crippen LogP contribution in [0.15, 0.2) is 24.5 Å². The van der Waals surface area contributed by atoms with E-state index in [4.69, 9.17) is 4.74 Å². The van der Waals surface area contributed by atoms with Crippen molar-refractivity contribution in [3.8, 4) is 0 Å². The third kappa shape index (κ3) is 2.19. The van der Waals surface area contributed by atoms with Gasteiger partial charge < -0.3 is 10.1 Å². The molecule has 1 saturated heterocycles. The molecule has 0 saturated carbocycles. The number of aromatic nitrogens is 1. The molecule has 1 aromatic heterocycles. The summed E-state index contributed by atoms with van der Waals surface area (Å²) in [5.74, 6) is 0. The largest absolute Gasteiger partial charge is 0.379 e. The molecule has 1 fully saturated rings. The topological polar surface area (TPSA) is 34.2 Å². The lowest BCUT2D eigenvalue weighted by Gasteiger charge is -2.42. The SMILES string of the molecule is CNCCCC1(c2ccncc2)COC1. The maximum absolute atomic E-state index is 5.38. The van der Waals surface area contributed by atoms with Gasteiger partial charge in [0.1, 0.15) is 0 Å². The first-order valence-electron chi connectivity index (χ1n) is 5.50. The molecular weight excluding hydrogens is 188 g/mol. The van der Waals surface area contributed by atoms with Crippen LogP contribution in [0.5, 0.6) is 0 Å². The molecule has 2 heterocycles. The van der Waals surface area contributed by atoms with Gasteiger partial charge in [0.05, 0.1) is 13.2 Å². The van der Waals surface area contributed by atoms with E-state index in [9.17, 15) is 0 Å². The Hall–Kier alpha value is -0.930. The van der Waals surface area contributed by atoms with E-state index in [-0.39, 0.29) is 5.41 Å². The molecule has 0 aliphatic carbocycles. The van der Waals surface area contributed by atoms with Crippen LogP contribution in [0, 0.1) is 0 Å². The van der Waals surface area contributed by atoms with Gasteiger partial charge >= 0.3 is 0 Å². The highest BCUT2D eigenvalue weighted by Gasteiger charge is 2.39. The van der Waals surface area contributed by atoms with Gasteiger partial charge in [0.25, 0.3) is 0 Å². The van der Waals surface area contributed by atoms with Gasteiger partial charge in [0.2, 0.25) is 0 Å². The Labute approximate surface area is 90.9 Å². The summed E-state index contributed by atoms with van der Waals surface area (Å²) in [6.45, 7) is 2.80. The highest BCUT2D eigenvalue weighted by Crippen LogP contribution is 2.36. The number of nitrogens with one attached hydrogen (secondary N) is 1. The van der Waals surface area contributed by atoms with Gasteiger partial charge in [-0.15, -0.1) is 0 Å².